The molecule has 0 aromatic carbocycles. The zero-order valence-corrected chi connectivity index (χ0v) is 14.0. The molecule has 0 radical (unpaired) electrons. The van der Waals surface area contributed by atoms with Gasteiger partial charge >= 0.3 is 18.0 Å². The van der Waals surface area contributed by atoms with Crippen molar-refractivity contribution in [1.82, 2.24) is 20.4 Å². The number of hydrogen-bond donors (Lipinski definition) is 2. The SMILES string of the molecule is COc1nc(C)nc(N2NC2=O)n1.O=C(O)C1SC=CC1=S(=O)=O. The van der Waals surface area contributed by atoms with Crippen molar-refractivity contribution < 1.29 is 27.9 Å². The van der Waals surface area contributed by atoms with Gasteiger partial charge < -0.3 is 9.84 Å². The predicted molar refractivity (Wildman–Crippen MR) is 84.2 cm³/mol. The molecule has 2 aliphatic rings. The minimum Gasteiger partial charge on any atom is -0.480 e. The third-order valence-electron chi connectivity index (χ3n) is 2.58. The molecule has 1 aromatic rings. The van der Waals surface area contributed by atoms with Crippen LogP contribution in [0.1, 0.15) is 5.82 Å². The number of nitrogens with zero attached hydrogens (tertiary/aromatic N) is 4. The zero-order valence-electron chi connectivity index (χ0n) is 12.3. The van der Waals surface area contributed by atoms with Crippen LogP contribution in [-0.4, -0.2) is 57.7 Å². The van der Waals surface area contributed by atoms with E-state index in [2.05, 4.69) is 20.4 Å². The summed E-state index contributed by atoms with van der Waals surface area (Å²) in [5.74, 6) is -0.364. The Morgan fingerprint density at radius 2 is 2.08 bits per heavy atom. The van der Waals surface area contributed by atoms with E-state index >= 15 is 0 Å². The Balaban J connectivity index is 0.000000177. The number of methoxy groups -OCH3 is 1. The molecule has 24 heavy (non-hydrogen) atoms. The summed E-state index contributed by atoms with van der Waals surface area (Å²) < 4.78 is 25.5. The van der Waals surface area contributed by atoms with E-state index in [1.807, 2.05) is 0 Å². The highest BCUT2D eigenvalue weighted by Crippen LogP contribution is 2.21. The Kier molecular flexibility index (Phi) is 5.35. The molecule has 11 nitrogen and oxygen atoms in total. The fraction of sp³-hybridized carbons (Fsp3) is 0.273. The second-order valence-electron chi connectivity index (χ2n) is 4.22. The van der Waals surface area contributed by atoms with Gasteiger partial charge in [-0.1, -0.05) is 0 Å². The molecule has 0 saturated carbocycles. The summed E-state index contributed by atoms with van der Waals surface area (Å²) in [6.45, 7) is 1.70. The minimum atomic E-state index is -2.41. The molecule has 0 aliphatic carbocycles. The van der Waals surface area contributed by atoms with Gasteiger partial charge in [-0.15, -0.1) is 11.8 Å². The number of rotatable bonds is 3. The summed E-state index contributed by atoms with van der Waals surface area (Å²) in [5.41, 5.74) is 2.41. The van der Waals surface area contributed by atoms with Crippen LogP contribution in [0, 0.1) is 6.92 Å². The number of urea groups is 1. The Hall–Kier alpha value is -2.67. The molecule has 3 heterocycles. The number of carboxylic acids is 1. The van der Waals surface area contributed by atoms with Gasteiger partial charge in [-0.3, -0.25) is 4.79 Å². The second-order valence-corrected chi connectivity index (χ2v) is 6.17. The first-order chi connectivity index (χ1) is 11.3. The maximum absolute atomic E-state index is 10.7. The van der Waals surface area contributed by atoms with E-state index < -0.39 is 21.5 Å². The average molecular weight is 373 g/mol. The number of ether oxygens (including phenoxy) is 1. The normalized spacial score (nSPS) is 17.8. The highest BCUT2D eigenvalue weighted by molar-refractivity contribution is 8.05. The number of nitrogens with one attached hydrogen (secondary N) is 1. The summed E-state index contributed by atoms with van der Waals surface area (Å²) in [4.78, 5) is 32.6. The van der Waals surface area contributed by atoms with E-state index in [4.69, 9.17) is 9.84 Å². The summed E-state index contributed by atoms with van der Waals surface area (Å²) >= 11 is 0.977. The average Bonchev–Trinajstić information content (AvgIpc) is 3.05. The van der Waals surface area contributed by atoms with Crippen molar-refractivity contribution >= 4 is 44.9 Å². The quantitative estimate of drug-likeness (QED) is 0.516. The third-order valence-corrected chi connectivity index (χ3v) is 4.51. The first-order valence-electron chi connectivity index (χ1n) is 6.21. The van der Waals surface area contributed by atoms with Crippen molar-refractivity contribution in [1.29, 1.82) is 0 Å². The molecule has 2 N–H and O–H groups in total. The lowest BCUT2D eigenvalue weighted by Gasteiger charge is -2.00. The summed E-state index contributed by atoms with van der Waals surface area (Å²) in [5, 5.41) is 10.2. The highest BCUT2D eigenvalue weighted by Gasteiger charge is 2.34. The van der Waals surface area contributed by atoms with Crippen molar-refractivity contribution in [2.45, 2.75) is 12.2 Å². The van der Waals surface area contributed by atoms with Crippen molar-refractivity contribution in [2.24, 2.45) is 0 Å². The monoisotopic (exact) mass is 373 g/mol. The van der Waals surface area contributed by atoms with Gasteiger partial charge in [0.05, 0.1) is 12.0 Å². The number of aromatic nitrogens is 3. The van der Waals surface area contributed by atoms with Crippen molar-refractivity contribution in [3.05, 3.63) is 17.3 Å². The molecule has 1 atom stereocenters. The van der Waals surface area contributed by atoms with Crippen LogP contribution < -0.4 is 15.2 Å². The van der Waals surface area contributed by atoms with Gasteiger partial charge in [-0.25, -0.2) is 10.2 Å². The lowest BCUT2D eigenvalue weighted by atomic mass is 10.3. The van der Waals surface area contributed by atoms with E-state index in [-0.39, 0.29) is 22.9 Å². The first kappa shape index (κ1) is 17.7. The fourth-order valence-electron chi connectivity index (χ4n) is 1.51. The van der Waals surface area contributed by atoms with Crippen LogP contribution in [-0.2, 0) is 15.1 Å². The molecule has 1 aromatic heterocycles. The number of anilines is 1. The van der Waals surface area contributed by atoms with Crippen molar-refractivity contribution in [3.63, 3.8) is 0 Å². The highest BCUT2D eigenvalue weighted by atomic mass is 32.2. The number of carbonyl (C=O) groups excluding carboxylic acids is 1. The molecular weight excluding hydrogens is 362 g/mol. The standard InChI is InChI=1S/C6H7N5O2.C5H4O4S2/c1-3-7-4(11-6(12)10-11)9-5(8-3)13-2;6-5(7)4-3(11(8)9)1-2-10-4/h1-2H3,(H,10,12);1-2,4H,(H,6,7). The van der Waals surface area contributed by atoms with Crippen LogP contribution in [0.4, 0.5) is 10.7 Å². The number of hydrazine groups is 1. The van der Waals surface area contributed by atoms with E-state index in [1.54, 1.807) is 6.92 Å². The van der Waals surface area contributed by atoms with Crippen LogP contribution in [0.25, 0.3) is 0 Å². The van der Waals surface area contributed by atoms with E-state index in [0.717, 1.165) is 11.8 Å². The van der Waals surface area contributed by atoms with Gasteiger partial charge in [-0.05, 0) is 18.4 Å². The second kappa shape index (κ2) is 7.27. The van der Waals surface area contributed by atoms with Crippen LogP contribution in [0.3, 0.4) is 0 Å². The summed E-state index contributed by atoms with van der Waals surface area (Å²) in [6, 6.07) is -0.0309. The number of aryl methyl sites for hydroxylation is 1. The van der Waals surface area contributed by atoms with Gasteiger partial charge in [0.2, 0.25) is 10.3 Å². The Morgan fingerprint density at radius 1 is 1.42 bits per heavy atom. The largest absolute Gasteiger partial charge is 0.480 e. The number of thioether (sulfide) groups is 1. The molecular formula is C11H11N5O6S2. The Bertz CT molecular complexity index is 844. The van der Waals surface area contributed by atoms with Crippen molar-refractivity contribution in [2.75, 3.05) is 12.1 Å². The smallest absolute Gasteiger partial charge is 0.363 e. The van der Waals surface area contributed by atoms with E-state index in [1.165, 1.54) is 23.6 Å². The lowest BCUT2D eigenvalue weighted by Crippen LogP contribution is -2.22. The molecule has 0 spiro atoms. The van der Waals surface area contributed by atoms with Crippen LogP contribution in [0.2, 0.25) is 0 Å². The van der Waals surface area contributed by atoms with Gasteiger partial charge in [0.25, 0.3) is 5.95 Å². The molecule has 128 valence electrons. The number of carboxylic acid groups (broad SMARTS) is 1. The van der Waals surface area contributed by atoms with Crippen LogP contribution in [0.15, 0.2) is 11.5 Å². The predicted octanol–water partition coefficient (Wildman–Crippen LogP) is -0.615. The summed E-state index contributed by atoms with van der Waals surface area (Å²) in [6.07, 6.45) is 1.30. The third kappa shape index (κ3) is 4.20. The number of aliphatic carboxylic acids is 1. The molecule has 2 aliphatic heterocycles. The molecule has 3 rings (SSSR count). The molecule has 1 saturated heterocycles. The molecule has 13 heteroatoms. The zero-order chi connectivity index (χ0) is 17.9. The number of carbonyl (C=O) groups is 2. The maximum atomic E-state index is 10.7. The lowest BCUT2D eigenvalue weighted by molar-refractivity contribution is -0.135. The molecule has 1 unspecified atom stereocenters. The van der Waals surface area contributed by atoms with Gasteiger partial charge in [0.1, 0.15) is 11.1 Å². The minimum absolute atomic E-state index is 0.0671. The van der Waals surface area contributed by atoms with Gasteiger partial charge in [0.15, 0.2) is 0 Å². The van der Waals surface area contributed by atoms with Crippen molar-refractivity contribution in [3.8, 4) is 6.01 Å². The van der Waals surface area contributed by atoms with Gasteiger partial charge in [-0.2, -0.15) is 28.4 Å². The van der Waals surface area contributed by atoms with Gasteiger partial charge in [0, 0.05) is 0 Å². The topological polar surface area (TPSA) is 161 Å². The number of hydrogen-bond acceptors (Lipinski definition) is 9. The number of amides is 2. The molecule has 2 amide bonds. The van der Waals surface area contributed by atoms with Crippen LogP contribution >= 0.6 is 11.8 Å². The maximum Gasteiger partial charge on any atom is 0.363 e. The molecule has 1 fully saturated rings. The van der Waals surface area contributed by atoms with E-state index in [0.29, 0.717) is 5.82 Å². The molecule has 0 bridgehead atoms. The first-order valence-corrected chi connectivity index (χ1v) is 8.23. The Morgan fingerprint density at radius 3 is 2.54 bits per heavy atom. The summed E-state index contributed by atoms with van der Waals surface area (Å²) in [7, 11) is -0.959. The number of allylic oxidation sites excluding steroid dienone is 1. The van der Waals surface area contributed by atoms with Crippen LogP contribution in [0.5, 0.6) is 6.01 Å². The Labute approximate surface area is 141 Å². The van der Waals surface area contributed by atoms with E-state index in [9.17, 15) is 18.0 Å². The fourth-order valence-corrected chi connectivity index (χ4v) is 3.16.